The second-order valence-electron chi connectivity index (χ2n) is 2.65. The molecule has 2 aromatic rings. The van der Waals surface area contributed by atoms with Crippen LogP contribution in [-0.4, -0.2) is 9.59 Å². The number of rotatable bonds is 2. The van der Waals surface area contributed by atoms with Crippen molar-refractivity contribution in [1.82, 2.24) is 9.59 Å². The van der Waals surface area contributed by atoms with E-state index >= 15 is 0 Å². The van der Waals surface area contributed by atoms with Gasteiger partial charge in [-0.05, 0) is 17.1 Å². The van der Waals surface area contributed by atoms with Crippen molar-refractivity contribution in [3.05, 3.63) is 35.2 Å². The standard InChI is InChI=1S/C9H9N3S/c10-5-7-3-1-2-4-8(7)9-6-13-12-11-9/h1-4,6H,5,10H2. The molecule has 0 unspecified atom stereocenters. The lowest BCUT2D eigenvalue weighted by atomic mass is 10.1. The highest BCUT2D eigenvalue weighted by Crippen LogP contribution is 2.21. The van der Waals surface area contributed by atoms with Crippen LogP contribution in [0.2, 0.25) is 0 Å². The zero-order valence-electron chi connectivity index (χ0n) is 6.97. The number of nitrogens with two attached hydrogens (primary N) is 1. The van der Waals surface area contributed by atoms with Crippen molar-refractivity contribution in [3.63, 3.8) is 0 Å². The average molecular weight is 191 g/mol. The SMILES string of the molecule is NCc1ccccc1-c1csnn1. The molecule has 0 aliphatic rings. The first-order valence-corrected chi connectivity index (χ1v) is 4.81. The Labute approximate surface area is 80.4 Å². The second kappa shape index (κ2) is 3.64. The number of hydrogen-bond donors (Lipinski definition) is 1. The predicted molar refractivity (Wildman–Crippen MR) is 53.2 cm³/mol. The Bertz CT molecular complexity index is 384. The Balaban J connectivity index is 2.51. The molecular formula is C9H9N3S. The van der Waals surface area contributed by atoms with Gasteiger partial charge in [0, 0.05) is 17.5 Å². The molecule has 3 nitrogen and oxygen atoms in total. The fourth-order valence-corrected chi connectivity index (χ4v) is 1.69. The Hall–Kier alpha value is -1.26. The number of aromatic nitrogens is 2. The minimum atomic E-state index is 0.535. The molecule has 0 aliphatic heterocycles. The van der Waals surface area contributed by atoms with Crippen LogP contribution in [0.15, 0.2) is 29.6 Å². The molecule has 0 aliphatic carbocycles. The summed E-state index contributed by atoms with van der Waals surface area (Å²) in [5.74, 6) is 0. The van der Waals surface area contributed by atoms with Crippen molar-refractivity contribution in [2.75, 3.05) is 0 Å². The molecule has 0 saturated heterocycles. The third kappa shape index (κ3) is 1.59. The van der Waals surface area contributed by atoms with E-state index in [1.54, 1.807) is 0 Å². The highest BCUT2D eigenvalue weighted by atomic mass is 32.1. The van der Waals surface area contributed by atoms with Crippen LogP contribution >= 0.6 is 11.5 Å². The summed E-state index contributed by atoms with van der Waals surface area (Å²) in [5.41, 5.74) is 8.71. The summed E-state index contributed by atoms with van der Waals surface area (Å²) >= 11 is 1.35. The minimum Gasteiger partial charge on any atom is -0.326 e. The van der Waals surface area contributed by atoms with Gasteiger partial charge >= 0.3 is 0 Å². The van der Waals surface area contributed by atoms with Gasteiger partial charge in [0.2, 0.25) is 0 Å². The summed E-state index contributed by atoms with van der Waals surface area (Å²) in [6.45, 7) is 0.535. The first kappa shape index (κ1) is 8.34. The topological polar surface area (TPSA) is 51.8 Å². The first-order chi connectivity index (χ1) is 6.42. The summed E-state index contributed by atoms with van der Waals surface area (Å²) in [5, 5.41) is 5.93. The van der Waals surface area contributed by atoms with E-state index in [0.29, 0.717) is 6.54 Å². The van der Waals surface area contributed by atoms with Crippen LogP contribution in [0, 0.1) is 0 Å². The van der Waals surface area contributed by atoms with Crippen LogP contribution in [0.5, 0.6) is 0 Å². The summed E-state index contributed by atoms with van der Waals surface area (Å²) < 4.78 is 3.82. The van der Waals surface area contributed by atoms with Gasteiger partial charge in [-0.15, -0.1) is 5.10 Å². The lowest BCUT2D eigenvalue weighted by Gasteiger charge is -2.02. The van der Waals surface area contributed by atoms with Crippen LogP contribution < -0.4 is 5.73 Å². The molecule has 13 heavy (non-hydrogen) atoms. The van der Waals surface area contributed by atoms with Gasteiger partial charge in [-0.25, -0.2) is 0 Å². The highest BCUT2D eigenvalue weighted by Gasteiger charge is 2.04. The molecule has 2 N–H and O–H groups in total. The fraction of sp³-hybridized carbons (Fsp3) is 0.111. The zero-order chi connectivity index (χ0) is 9.10. The van der Waals surface area contributed by atoms with Crippen molar-refractivity contribution in [2.24, 2.45) is 5.73 Å². The minimum absolute atomic E-state index is 0.535. The van der Waals surface area contributed by atoms with E-state index in [-0.39, 0.29) is 0 Å². The molecule has 4 heteroatoms. The maximum Gasteiger partial charge on any atom is 0.106 e. The molecule has 0 saturated carbocycles. The van der Waals surface area contributed by atoms with E-state index in [4.69, 9.17) is 5.73 Å². The van der Waals surface area contributed by atoms with Crippen LogP contribution in [0.1, 0.15) is 5.56 Å². The van der Waals surface area contributed by atoms with Crippen LogP contribution in [0.3, 0.4) is 0 Å². The highest BCUT2D eigenvalue weighted by molar-refractivity contribution is 7.03. The monoisotopic (exact) mass is 191 g/mol. The second-order valence-corrected chi connectivity index (χ2v) is 3.26. The maximum absolute atomic E-state index is 5.61. The molecule has 0 bridgehead atoms. The van der Waals surface area contributed by atoms with Crippen molar-refractivity contribution in [1.29, 1.82) is 0 Å². The molecular weight excluding hydrogens is 182 g/mol. The maximum atomic E-state index is 5.61. The number of nitrogens with zero attached hydrogens (tertiary/aromatic N) is 2. The van der Waals surface area contributed by atoms with E-state index in [1.165, 1.54) is 11.5 Å². The lowest BCUT2D eigenvalue weighted by Crippen LogP contribution is -1.98. The fourth-order valence-electron chi connectivity index (χ4n) is 1.23. The Kier molecular flexibility index (Phi) is 2.33. The third-order valence-corrected chi connectivity index (χ3v) is 2.38. The summed E-state index contributed by atoms with van der Waals surface area (Å²) in [4.78, 5) is 0. The molecule has 0 amide bonds. The Morgan fingerprint density at radius 3 is 2.85 bits per heavy atom. The Morgan fingerprint density at radius 1 is 1.31 bits per heavy atom. The number of benzene rings is 1. The first-order valence-electron chi connectivity index (χ1n) is 3.97. The van der Waals surface area contributed by atoms with Crippen LogP contribution in [0.4, 0.5) is 0 Å². The van der Waals surface area contributed by atoms with Gasteiger partial charge in [-0.2, -0.15) is 0 Å². The molecule has 1 heterocycles. The summed E-state index contributed by atoms with van der Waals surface area (Å²) in [6.07, 6.45) is 0. The van der Waals surface area contributed by atoms with Crippen molar-refractivity contribution in [2.45, 2.75) is 6.54 Å². The quantitative estimate of drug-likeness (QED) is 0.785. The van der Waals surface area contributed by atoms with Gasteiger partial charge in [-0.1, -0.05) is 28.8 Å². The van der Waals surface area contributed by atoms with E-state index in [1.807, 2.05) is 29.6 Å². The Morgan fingerprint density at radius 2 is 2.15 bits per heavy atom. The smallest absolute Gasteiger partial charge is 0.106 e. The predicted octanol–water partition coefficient (Wildman–Crippen LogP) is 1.66. The molecule has 0 fully saturated rings. The van der Waals surface area contributed by atoms with Crippen LogP contribution in [-0.2, 0) is 6.54 Å². The molecule has 1 aromatic heterocycles. The normalized spacial score (nSPS) is 10.2. The molecule has 0 spiro atoms. The van der Waals surface area contributed by atoms with E-state index in [9.17, 15) is 0 Å². The van der Waals surface area contributed by atoms with Crippen LogP contribution in [0.25, 0.3) is 11.3 Å². The van der Waals surface area contributed by atoms with Gasteiger partial charge in [0.25, 0.3) is 0 Å². The van der Waals surface area contributed by atoms with Gasteiger partial charge < -0.3 is 5.73 Å². The molecule has 0 radical (unpaired) electrons. The van der Waals surface area contributed by atoms with Gasteiger partial charge in [0.1, 0.15) is 5.69 Å². The molecule has 66 valence electrons. The van der Waals surface area contributed by atoms with Gasteiger partial charge in [-0.3, -0.25) is 0 Å². The van der Waals surface area contributed by atoms with Crippen molar-refractivity contribution < 1.29 is 0 Å². The molecule has 1 aromatic carbocycles. The molecule has 0 atom stereocenters. The zero-order valence-corrected chi connectivity index (χ0v) is 7.79. The van der Waals surface area contributed by atoms with E-state index in [2.05, 4.69) is 9.59 Å². The number of hydrogen-bond acceptors (Lipinski definition) is 4. The lowest BCUT2D eigenvalue weighted by molar-refractivity contribution is 1.06. The van der Waals surface area contributed by atoms with Crippen molar-refractivity contribution in [3.8, 4) is 11.3 Å². The van der Waals surface area contributed by atoms with Gasteiger partial charge in [0.15, 0.2) is 0 Å². The van der Waals surface area contributed by atoms with E-state index < -0.39 is 0 Å². The van der Waals surface area contributed by atoms with E-state index in [0.717, 1.165) is 16.8 Å². The largest absolute Gasteiger partial charge is 0.326 e. The third-order valence-electron chi connectivity index (χ3n) is 1.87. The van der Waals surface area contributed by atoms with Crippen molar-refractivity contribution >= 4 is 11.5 Å². The summed E-state index contributed by atoms with van der Waals surface area (Å²) in [7, 11) is 0. The average Bonchev–Trinajstić information content (AvgIpc) is 2.70. The molecule has 2 rings (SSSR count). The van der Waals surface area contributed by atoms with Gasteiger partial charge in [0.05, 0.1) is 0 Å². The summed E-state index contributed by atoms with van der Waals surface area (Å²) in [6, 6.07) is 7.98.